The summed E-state index contributed by atoms with van der Waals surface area (Å²) in [5, 5.41) is 23.8. The SMILES string of the molecule is [O-][N+]1(c2cc(Cl)ccc2O)CCN(c2cc(C(F)(F)F)cc(C(F)(F)F)c2)N1. The summed E-state index contributed by atoms with van der Waals surface area (Å²) < 4.78 is 76.7. The van der Waals surface area contributed by atoms with Crippen molar-refractivity contribution in [1.29, 1.82) is 0 Å². The first-order valence-electron chi connectivity index (χ1n) is 7.73. The molecule has 5 nitrogen and oxygen atoms in total. The van der Waals surface area contributed by atoms with Crippen LogP contribution >= 0.6 is 11.6 Å². The fraction of sp³-hybridized carbons (Fsp3) is 0.250. The van der Waals surface area contributed by atoms with Crippen LogP contribution < -0.4 is 15.3 Å². The number of phenols is 1. The van der Waals surface area contributed by atoms with Crippen molar-refractivity contribution in [2.45, 2.75) is 12.4 Å². The summed E-state index contributed by atoms with van der Waals surface area (Å²) in [5.74, 6) is -0.422. The maximum Gasteiger partial charge on any atom is 0.416 e. The molecule has 2 aromatic rings. The number of aromatic hydroxyl groups is 1. The second-order valence-corrected chi connectivity index (χ2v) is 6.55. The first kappa shape index (κ1) is 20.5. The zero-order chi connectivity index (χ0) is 20.9. The van der Waals surface area contributed by atoms with Gasteiger partial charge >= 0.3 is 12.4 Å². The Morgan fingerprint density at radius 3 is 2.11 bits per heavy atom. The summed E-state index contributed by atoms with van der Waals surface area (Å²) >= 11 is 5.80. The lowest BCUT2D eigenvalue weighted by Gasteiger charge is -2.36. The lowest BCUT2D eigenvalue weighted by molar-refractivity contribution is -0.143. The average molecular weight is 428 g/mol. The molecule has 1 unspecified atom stereocenters. The largest absolute Gasteiger partial charge is 0.605 e. The second-order valence-electron chi connectivity index (χ2n) is 6.11. The van der Waals surface area contributed by atoms with E-state index >= 15 is 0 Å². The smallest absolute Gasteiger partial charge is 0.416 e. The number of quaternary nitrogens is 1. The second kappa shape index (κ2) is 6.69. The Morgan fingerprint density at radius 2 is 1.57 bits per heavy atom. The van der Waals surface area contributed by atoms with E-state index in [0.29, 0.717) is 12.1 Å². The number of rotatable bonds is 2. The highest BCUT2D eigenvalue weighted by molar-refractivity contribution is 6.30. The monoisotopic (exact) mass is 427 g/mol. The summed E-state index contributed by atoms with van der Waals surface area (Å²) in [7, 11) is 0. The summed E-state index contributed by atoms with van der Waals surface area (Å²) in [5.41, 5.74) is -1.42. The number of halogens is 7. The molecule has 1 atom stereocenters. The zero-order valence-corrected chi connectivity index (χ0v) is 14.5. The quantitative estimate of drug-likeness (QED) is 0.409. The third-order valence-electron chi connectivity index (χ3n) is 4.13. The fourth-order valence-corrected chi connectivity index (χ4v) is 2.94. The molecule has 12 heteroatoms. The van der Waals surface area contributed by atoms with Gasteiger partial charge in [0.2, 0.25) is 0 Å². The standard InChI is InChI=1S/C16H12ClF6N3O2/c17-11-1-2-14(27)13(8-11)26(28)4-3-25(24-26)12-6-9(15(18,19)20)5-10(7-12)16(21,22)23/h1-2,5-8,24,27H,3-4H2. The molecule has 3 rings (SSSR count). The number of phenolic OH excluding ortho intramolecular Hbond substituents is 1. The molecular weight excluding hydrogens is 416 g/mol. The number of nitrogens with zero attached hydrogens (tertiary/aromatic N) is 2. The van der Waals surface area contributed by atoms with E-state index in [1.54, 1.807) is 0 Å². The number of hydrazine groups is 1. The van der Waals surface area contributed by atoms with E-state index < -0.39 is 39.7 Å². The van der Waals surface area contributed by atoms with E-state index in [-0.39, 0.29) is 29.9 Å². The van der Waals surface area contributed by atoms with Gasteiger partial charge in [0.05, 0.1) is 23.4 Å². The molecule has 1 heterocycles. The molecule has 28 heavy (non-hydrogen) atoms. The normalized spacial score (nSPS) is 20.6. The molecule has 0 saturated carbocycles. The molecule has 0 aliphatic carbocycles. The van der Waals surface area contributed by atoms with E-state index in [1.165, 1.54) is 6.07 Å². The van der Waals surface area contributed by atoms with Gasteiger partial charge in [-0.1, -0.05) is 17.1 Å². The predicted octanol–water partition coefficient (Wildman–Crippen LogP) is 4.83. The van der Waals surface area contributed by atoms with Gasteiger partial charge in [0, 0.05) is 11.1 Å². The summed E-state index contributed by atoms with van der Waals surface area (Å²) in [4.78, 5) is 0. The zero-order valence-electron chi connectivity index (χ0n) is 13.8. The molecule has 152 valence electrons. The maximum absolute atomic E-state index is 13.0. The van der Waals surface area contributed by atoms with E-state index in [9.17, 15) is 36.7 Å². The van der Waals surface area contributed by atoms with Crippen LogP contribution in [0.1, 0.15) is 11.1 Å². The summed E-state index contributed by atoms with van der Waals surface area (Å²) in [6.07, 6.45) is -10.0. The van der Waals surface area contributed by atoms with Gasteiger partial charge in [-0.3, -0.25) is 5.01 Å². The number of nitrogens with one attached hydrogen (secondary N) is 1. The molecule has 0 aromatic heterocycles. The van der Waals surface area contributed by atoms with E-state index in [4.69, 9.17) is 11.6 Å². The van der Waals surface area contributed by atoms with Gasteiger partial charge in [-0.05, 0) is 30.3 Å². The van der Waals surface area contributed by atoms with Crippen LogP contribution in [0.15, 0.2) is 36.4 Å². The minimum Gasteiger partial charge on any atom is -0.605 e. The first-order chi connectivity index (χ1) is 12.8. The van der Waals surface area contributed by atoms with Crippen molar-refractivity contribution in [3.05, 3.63) is 57.8 Å². The lowest BCUT2D eigenvalue weighted by atomic mass is 10.1. The topological polar surface area (TPSA) is 58.6 Å². The van der Waals surface area contributed by atoms with Gasteiger partial charge in [-0.25, -0.2) is 4.76 Å². The van der Waals surface area contributed by atoms with E-state index in [1.807, 2.05) is 0 Å². The Labute approximate surface area is 159 Å². The van der Waals surface area contributed by atoms with Crippen LogP contribution in [-0.4, -0.2) is 18.2 Å². The molecule has 0 radical (unpaired) electrons. The number of hydroxylamine groups is 1. The van der Waals surface area contributed by atoms with Crippen LogP contribution in [0, 0.1) is 5.21 Å². The number of benzene rings is 2. The molecule has 1 aliphatic heterocycles. The van der Waals surface area contributed by atoms with Crippen molar-refractivity contribution in [3.63, 3.8) is 0 Å². The minimum atomic E-state index is -5.01. The number of alkyl halides is 6. The minimum absolute atomic E-state index is 0.00166. The van der Waals surface area contributed by atoms with Gasteiger partial charge in [-0.2, -0.15) is 26.3 Å². The Balaban J connectivity index is 2.00. The highest BCUT2D eigenvalue weighted by atomic mass is 35.5. The van der Waals surface area contributed by atoms with Crippen molar-refractivity contribution in [2.75, 3.05) is 18.1 Å². The highest BCUT2D eigenvalue weighted by Crippen LogP contribution is 2.40. The van der Waals surface area contributed by atoms with Gasteiger partial charge in [0.25, 0.3) is 0 Å². The van der Waals surface area contributed by atoms with E-state index in [0.717, 1.165) is 17.1 Å². The van der Waals surface area contributed by atoms with Gasteiger partial charge in [0.1, 0.15) is 6.54 Å². The third kappa shape index (κ3) is 3.97. The van der Waals surface area contributed by atoms with Crippen LogP contribution in [0.2, 0.25) is 5.02 Å². The number of anilines is 1. The molecule has 1 aliphatic rings. The Kier molecular flexibility index (Phi) is 4.90. The third-order valence-corrected chi connectivity index (χ3v) is 4.37. The highest BCUT2D eigenvalue weighted by Gasteiger charge is 2.40. The van der Waals surface area contributed by atoms with Crippen LogP contribution in [0.4, 0.5) is 37.7 Å². The molecule has 2 aromatic carbocycles. The fourth-order valence-electron chi connectivity index (χ4n) is 2.78. The Morgan fingerprint density at radius 1 is 1.00 bits per heavy atom. The van der Waals surface area contributed by atoms with Crippen molar-refractivity contribution in [1.82, 2.24) is 10.3 Å². The van der Waals surface area contributed by atoms with Crippen LogP contribution in [0.5, 0.6) is 5.75 Å². The first-order valence-corrected chi connectivity index (χ1v) is 8.10. The maximum atomic E-state index is 13.0. The van der Waals surface area contributed by atoms with Crippen LogP contribution in [0.3, 0.4) is 0 Å². The van der Waals surface area contributed by atoms with Crippen molar-refractivity contribution < 1.29 is 31.4 Å². The molecular formula is C16H12ClF6N3O2. The van der Waals surface area contributed by atoms with Crippen LogP contribution in [-0.2, 0) is 12.4 Å². The summed E-state index contributed by atoms with van der Waals surface area (Å²) in [6.45, 7) is -0.514. The van der Waals surface area contributed by atoms with E-state index in [2.05, 4.69) is 5.53 Å². The molecule has 2 N–H and O–H groups in total. The average Bonchev–Trinajstić information content (AvgIpc) is 2.98. The molecule has 1 saturated heterocycles. The Hall–Kier alpha value is -2.21. The van der Waals surface area contributed by atoms with Gasteiger partial charge in [0.15, 0.2) is 11.4 Å². The summed E-state index contributed by atoms with van der Waals surface area (Å²) in [6, 6.07) is 4.66. The molecule has 0 spiro atoms. The number of hydrogen-bond donors (Lipinski definition) is 2. The van der Waals surface area contributed by atoms with Crippen LogP contribution in [0.25, 0.3) is 0 Å². The predicted molar refractivity (Wildman–Crippen MR) is 90.1 cm³/mol. The van der Waals surface area contributed by atoms with Crippen molar-refractivity contribution in [3.8, 4) is 5.75 Å². The van der Waals surface area contributed by atoms with Gasteiger partial charge < -0.3 is 10.3 Å². The molecule has 0 bridgehead atoms. The van der Waals surface area contributed by atoms with Crippen molar-refractivity contribution in [2.24, 2.45) is 0 Å². The van der Waals surface area contributed by atoms with Crippen molar-refractivity contribution >= 4 is 23.0 Å². The number of hydrogen-bond acceptors (Lipinski definition) is 4. The Bertz CT molecular complexity index is 873. The molecule has 0 amide bonds. The van der Waals surface area contributed by atoms with Gasteiger partial charge in [-0.15, -0.1) is 0 Å². The molecule has 1 fully saturated rings. The lowest BCUT2D eigenvalue weighted by Crippen LogP contribution is -2.53.